The lowest BCUT2D eigenvalue weighted by Gasteiger charge is -2.38. The van der Waals surface area contributed by atoms with Gasteiger partial charge in [0.05, 0.1) is 26.4 Å². The summed E-state index contributed by atoms with van der Waals surface area (Å²) in [5.41, 5.74) is 0.732. The van der Waals surface area contributed by atoms with Gasteiger partial charge in [0, 0.05) is 31.2 Å². The van der Waals surface area contributed by atoms with Gasteiger partial charge in [0.15, 0.2) is 0 Å². The van der Waals surface area contributed by atoms with E-state index in [-0.39, 0.29) is 0 Å². The molecule has 0 spiro atoms. The predicted molar refractivity (Wildman–Crippen MR) is 157 cm³/mol. The monoisotopic (exact) mass is 512 g/mol. The number of hydrogen-bond acceptors (Lipinski definition) is 5. The number of unbranched alkanes of at least 4 members (excludes halogenated alkanes) is 5. The van der Waals surface area contributed by atoms with Gasteiger partial charge in [-0.3, -0.25) is 0 Å². The number of hydrogen-bond donors (Lipinski definition) is 2. The van der Waals surface area contributed by atoms with Crippen molar-refractivity contribution < 1.29 is 9.47 Å². The molecule has 1 aliphatic rings. The van der Waals surface area contributed by atoms with Gasteiger partial charge in [-0.25, -0.2) is 0 Å². The van der Waals surface area contributed by atoms with Gasteiger partial charge in [-0.1, -0.05) is 79.6 Å². The molecule has 1 saturated heterocycles. The molecule has 5 nitrogen and oxygen atoms in total. The predicted octanol–water partition coefficient (Wildman–Crippen LogP) is 6.80. The maximum Gasteiger partial charge on any atom is 0.0701 e. The van der Waals surface area contributed by atoms with Crippen LogP contribution in [-0.2, 0) is 9.47 Å². The molecule has 1 aliphatic heterocycles. The Morgan fingerprint density at radius 1 is 0.750 bits per heavy atom. The van der Waals surface area contributed by atoms with Crippen molar-refractivity contribution >= 4 is 0 Å². The molecule has 1 atom stereocenters. The molecule has 0 radical (unpaired) electrons. The van der Waals surface area contributed by atoms with Gasteiger partial charge < -0.3 is 25.0 Å². The largest absolute Gasteiger partial charge is 0.378 e. The summed E-state index contributed by atoms with van der Waals surface area (Å²) >= 11 is 0. The Kier molecular flexibility index (Phi) is 19.5. The minimum absolute atomic E-state index is 0.300. The van der Waals surface area contributed by atoms with E-state index >= 15 is 0 Å². The molecular weight excluding hydrogens is 446 g/mol. The van der Waals surface area contributed by atoms with E-state index in [2.05, 4.69) is 57.1 Å². The van der Waals surface area contributed by atoms with Crippen LogP contribution in [0.25, 0.3) is 0 Å². The van der Waals surface area contributed by atoms with Crippen LogP contribution < -0.4 is 10.6 Å². The summed E-state index contributed by atoms with van der Waals surface area (Å²) < 4.78 is 11.7. The topological polar surface area (TPSA) is 45.8 Å². The van der Waals surface area contributed by atoms with Crippen molar-refractivity contribution in [3.05, 3.63) is 0 Å². The summed E-state index contributed by atoms with van der Waals surface area (Å²) in [7, 11) is 0. The zero-order chi connectivity index (χ0) is 26.5. The summed E-state index contributed by atoms with van der Waals surface area (Å²) in [6.07, 6.45) is 17.1. The van der Waals surface area contributed by atoms with Crippen molar-refractivity contribution in [1.82, 2.24) is 15.5 Å². The van der Waals surface area contributed by atoms with E-state index in [0.29, 0.717) is 30.2 Å². The number of piperidine rings is 1. The molecule has 0 aromatic heterocycles. The standard InChI is InChI=1S/C31H65N3O2/c1-7-11-13-14-15-19-30(5,18-12-8-2)28-32-20-24-35-26-27-36-25-23-34-21-16-29(17-22-34)33-31(6,9-3)10-4/h29,32-33H,7-28H2,1-6H3. The first-order valence-corrected chi connectivity index (χ1v) is 15.8. The normalized spacial score (nSPS) is 17.5. The third kappa shape index (κ3) is 15.9. The molecule has 0 aromatic carbocycles. The lowest BCUT2D eigenvalue weighted by atomic mass is 9.80. The van der Waals surface area contributed by atoms with E-state index in [1.54, 1.807) is 0 Å². The van der Waals surface area contributed by atoms with Crippen molar-refractivity contribution in [1.29, 1.82) is 0 Å². The molecular formula is C31H65N3O2. The van der Waals surface area contributed by atoms with Gasteiger partial charge in [0.2, 0.25) is 0 Å². The van der Waals surface area contributed by atoms with E-state index < -0.39 is 0 Å². The van der Waals surface area contributed by atoms with Crippen LogP contribution in [0.4, 0.5) is 0 Å². The van der Waals surface area contributed by atoms with Crippen molar-refractivity contribution in [2.24, 2.45) is 5.41 Å². The molecule has 0 aromatic rings. The fourth-order valence-electron chi connectivity index (χ4n) is 5.36. The number of likely N-dealkylation sites (tertiary alicyclic amines) is 1. The molecule has 1 fully saturated rings. The summed E-state index contributed by atoms with van der Waals surface area (Å²) in [4.78, 5) is 2.55. The Morgan fingerprint density at radius 2 is 1.36 bits per heavy atom. The van der Waals surface area contributed by atoms with E-state index in [9.17, 15) is 0 Å². The molecule has 0 bridgehead atoms. The maximum atomic E-state index is 5.85. The molecule has 2 N–H and O–H groups in total. The van der Waals surface area contributed by atoms with Crippen LogP contribution in [0.15, 0.2) is 0 Å². The number of nitrogens with one attached hydrogen (secondary N) is 2. The van der Waals surface area contributed by atoms with E-state index in [0.717, 1.165) is 32.8 Å². The third-order valence-corrected chi connectivity index (χ3v) is 8.62. The summed E-state index contributed by atoms with van der Waals surface area (Å²) in [5, 5.41) is 7.59. The second kappa shape index (κ2) is 20.7. The second-order valence-corrected chi connectivity index (χ2v) is 12.0. The van der Waals surface area contributed by atoms with Gasteiger partial charge in [-0.2, -0.15) is 0 Å². The highest BCUT2D eigenvalue weighted by molar-refractivity contribution is 4.87. The molecule has 0 amide bonds. The molecule has 5 heteroatoms. The molecule has 1 heterocycles. The Hall–Kier alpha value is -0.200. The zero-order valence-electron chi connectivity index (χ0n) is 25.4. The van der Waals surface area contributed by atoms with E-state index in [4.69, 9.17) is 9.47 Å². The number of ether oxygens (including phenoxy) is 2. The minimum Gasteiger partial charge on any atom is -0.378 e. The van der Waals surface area contributed by atoms with Crippen molar-refractivity contribution in [2.45, 2.75) is 137 Å². The SMILES string of the molecule is CCCCCCCC(C)(CCCC)CNCCOCCOCCN1CCC(NC(C)(CC)CC)CC1. The van der Waals surface area contributed by atoms with Gasteiger partial charge >= 0.3 is 0 Å². The number of nitrogens with zero attached hydrogens (tertiary/aromatic N) is 1. The lowest BCUT2D eigenvalue weighted by Crippen LogP contribution is -2.51. The summed E-state index contributed by atoms with van der Waals surface area (Å²) in [6, 6.07) is 0.671. The Balaban J connectivity index is 2.02. The summed E-state index contributed by atoms with van der Waals surface area (Å²) in [5.74, 6) is 0. The van der Waals surface area contributed by atoms with Crippen LogP contribution in [-0.4, -0.2) is 75.6 Å². The van der Waals surface area contributed by atoms with Crippen LogP contribution in [0.3, 0.4) is 0 Å². The average molecular weight is 512 g/mol. The van der Waals surface area contributed by atoms with Crippen LogP contribution in [0.5, 0.6) is 0 Å². The highest BCUT2D eigenvalue weighted by atomic mass is 16.5. The Labute approximate surface area is 226 Å². The highest BCUT2D eigenvalue weighted by Gasteiger charge is 2.26. The molecule has 0 saturated carbocycles. The lowest BCUT2D eigenvalue weighted by molar-refractivity contribution is 0.0352. The first-order valence-electron chi connectivity index (χ1n) is 15.8. The molecule has 36 heavy (non-hydrogen) atoms. The first kappa shape index (κ1) is 33.8. The Morgan fingerprint density at radius 3 is 2.00 bits per heavy atom. The van der Waals surface area contributed by atoms with Gasteiger partial charge in [-0.15, -0.1) is 0 Å². The third-order valence-electron chi connectivity index (χ3n) is 8.62. The average Bonchev–Trinajstić information content (AvgIpc) is 2.89. The van der Waals surface area contributed by atoms with Gasteiger partial charge in [0.25, 0.3) is 0 Å². The smallest absolute Gasteiger partial charge is 0.0701 e. The van der Waals surface area contributed by atoms with Crippen LogP contribution in [0, 0.1) is 5.41 Å². The molecule has 1 rings (SSSR count). The molecule has 216 valence electrons. The maximum absolute atomic E-state index is 5.85. The fourth-order valence-corrected chi connectivity index (χ4v) is 5.36. The van der Waals surface area contributed by atoms with E-state index in [1.807, 2.05) is 0 Å². The number of rotatable bonds is 24. The molecule has 1 unspecified atom stereocenters. The van der Waals surface area contributed by atoms with Crippen LogP contribution >= 0.6 is 0 Å². The highest BCUT2D eigenvalue weighted by Crippen LogP contribution is 2.30. The van der Waals surface area contributed by atoms with Crippen molar-refractivity contribution in [2.75, 3.05) is 59.2 Å². The van der Waals surface area contributed by atoms with Crippen molar-refractivity contribution in [3.8, 4) is 0 Å². The quantitative estimate of drug-likeness (QED) is 0.140. The zero-order valence-corrected chi connectivity index (χ0v) is 25.4. The Bertz CT molecular complexity index is 492. The first-order chi connectivity index (χ1) is 17.4. The second-order valence-electron chi connectivity index (χ2n) is 12.0. The molecule has 0 aliphatic carbocycles. The van der Waals surface area contributed by atoms with Crippen LogP contribution in [0.2, 0.25) is 0 Å². The van der Waals surface area contributed by atoms with Crippen molar-refractivity contribution in [3.63, 3.8) is 0 Å². The summed E-state index contributed by atoms with van der Waals surface area (Å²) in [6.45, 7) is 22.5. The van der Waals surface area contributed by atoms with Crippen LogP contribution in [0.1, 0.15) is 125 Å². The fraction of sp³-hybridized carbons (Fsp3) is 1.00. The van der Waals surface area contributed by atoms with Gasteiger partial charge in [-0.05, 0) is 64.0 Å². The van der Waals surface area contributed by atoms with Gasteiger partial charge in [0.1, 0.15) is 0 Å². The minimum atomic E-state index is 0.300. The van der Waals surface area contributed by atoms with E-state index in [1.165, 1.54) is 96.6 Å².